The highest BCUT2D eigenvalue weighted by molar-refractivity contribution is 5.48. The summed E-state index contributed by atoms with van der Waals surface area (Å²) in [6, 6.07) is 10.1. The molecule has 2 aromatic rings. The van der Waals surface area contributed by atoms with Crippen molar-refractivity contribution in [3.8, 4) is 5.75 Å². The lowest BCUT2D eigenvalue weighted by Crippen LogP contribution is -1.85. The minimum atomic E-state index is -0.492. The number of azo groups is 1. The summed E-state index contributed by atoms with van der Waals surface area (Å²) < 4.78 is 0. The van der Waals surface area contributed by atoms with E-state index in [1.807, 2.05) is 0 Å². The van der Waals surface area contributed by atoms with E-state index in [0.29, 0.717) is 16.9 Å². The van der Waals surface area contributed by atoms with Gasteiger partial charge in [0.2, 0.25) is 0 Å². The molecule has 0 fully saturated rings. The third kappa shape index (κ3) is 3.15. The fourth-order valence-electron chi connectivity index (χ4n) is 1.52. The third-order valence-corrected chi connectivity index (χ3v) is 2.57. The second-order valence-electron chi connectivity index (χ2n) is 3.94. The Bertz CT molecular complexity index is 653. The second kappa shape index (κ2) is 5.89. The van der Waals surface area contributed by atoms with Crippen molar-refractivity contribution in [2.75, 3.05) is 0 Å². The summed E-state index contributed by atoms with van der Waals surface area (Å²) in [4.78, 5) is 10.0. The van der Waals surface area contributed by atoms with Gasteiger partial charge < -0.3 is 10.2 Å². The molecule has 0 aliphatic rings. The van der Waals surface area contributed by atoms with Crippen molar-refractivity contribution < 1.29 is 15.1 Å². The lowest BCUT2D eigenvalue weighted by atomic mass is 10.2. The molecule has 7 heteroatoms. The summed E-state index contributed by atoms with van der Waals surface area (Å²) in [5, 5.41) is 36.8. The van der Waals surface area contributed by atoms with Crippen LogP contribution in [0.25, 0.3) is 0 Å². The number of nitrogens with zero attached hydrogens (tertiary/aromatic N) is 3. The minimum absolute atomic E-state index is 0.0122. The molecule has 0 aromatic heterocycles. The molecule has 0 saturated carbocycles. The van der Waals surface area contributed by atoms with Crippen molar-refractivity contribution in [1.29, 1.82) is 0 Å². The van der Waals surface area contributed by atoms with Gasteiger partial charge in [0, 0.05) is 17.7 Å². The summed E-state index contributed by atoms with van der Waals surface area (Å²) in [6.07, 6.45) is 0. The molecule has 20 heavy (non-hydrogen) atoms. The maximum absolute atomic E-state index is 10.5. The highest BCUT2D eigenvalue weighted by Gasteiger charge is 2.04. The van der Waals surface area contributed by atoms with Crippen LogP contribution in [0.1, 0.15) is 5.56 Å². The monoisotopic (exact) mass is 273 g/mol. The van der Waals surface area contributed by atoms with Crippen LogP contribution in [0.3, 0.4) is 0 Å². The van der Waals surface area contributed by atoms with Crippen LogP contribution in [-0.4, -0.2) is 15.1 Å². The summed E-state index contributed by atoms with van der Waals surface area (Å²) in [7, 11) is 0. The molecule has 102 valence electrons. The number of nitro benzene ring substituents is 1. The van der Waals surface area contributed by atoms with Crippen molar-refractivity contribution >= 4 is 17.1 Å². The molecule has 2 N–H and O–H groups in total. The second-order valence-corrected chi connectivity index (χ2v) is 3.94. The zero-order valence-corrected chi connectivity index (χ0v) is 10.3. The fourth-order valence-corrected chi connectivity index (χ4v) is 1.52. The van der Waals surface area contributed by atoms with Crippen LogP contribution in [0.2, 0.25) is 0 Å². The van der Waals surface area contributed by atoms with Crippen LogP contribution in [-0.2, 0) is 6.61 Å². The molecular weight excluding hydrogens is 262 g/mol. The van der Waals surface area contributed by atoms with Gasteiger partial charge in [0.1, 0.15) is 5.75 Å². The Kier molecular flexibility index (Phi) is 4.02. The molecule has 0 aliphatic heterocycles. The minimum Gasteiger partial charge on any atom is -0.508 e. The first-order valence-electron chi connectivity index (χ1n) is 5.69. The predicted molar refractivity (Wildman–Crippen MR) is 71.3 cm³/mol. The molecule has 0 bridgehead atoms. The lowest BCUT2D eigenvalue weighted by molar-refractivity contribution is -0.384. The average molecular weight is 273 g/mol. The molecule has 0 spiro atoms. The van der Waals surface area contributed by atoms with Crippen molar-refractivity contribution in [2.45, 2.75) is 6.61 Å². The Hall–Kier alpha value is -2.80. The van der Waals surface area contributed by atoms with E-state index in [1.165, 1.54) is 36.4 Å². The van der Waals surface area contributed by atoms with Gasteiger partial charge in [-0.25, -0.2) is 0 Å². The Balaban J connectivity index is 2.18. The number of benzene rings is 2. The lowest BCUT2D eigenvalue weighted by Gasteiger charge is -2.01. The van der Waals surface area contributed by atoms with Gasteiger partial charge in [0.05, 0.1) is 22.9 Å². The van der Waals surface area contributed by atoms with E-state index in [4.69, 9.17) is 5.11 Å². The smallest absolute Gasteiger partial charge is 0.269 e. The first-order valence-corrected chi connectivity index (χ1v) is 5.69. The van der Waals surface area contributed by atoms with Gasteiger partial charge >= 0.3 is 0 Å². The molecule has 0 radical (unpaired) electrons. The summed E-state index contributed by atoms with van der Waals surface area (Å²) in [6.45, 7) is -0.299. The van der Waals surface area contributed by atoms with Crippen molar-refractivity contribution in [3.63, 3.8) is 0 Å². The molecular formula is C13H11N3O4. The van der Waals surface area contributed by atoms with E-state index in [1.54, 1.807) is 6.07 Å². The standard InChI is InChI=1S/C13H11N3O4/c17-8-9-7-11(3-6-13(9)18)15-14-10-1-4-12(5-2-10)16(19)20/h1-7,17-18H,8H2. The number of nitro groups is 1. The number of rotatable bonds is 4. The SMILES string of the molecule is O=[N+]([O-])c1ccc(N=Nc2ccc(O)c(CO)c2)cc1. The first-order chi connectivity index (χ1) is 9.60. The number of hydrogen-bond donors (Lipinski definition) is 2. The molecule has 2 rings (SSSR count). The quantitative estimate of drug-likeness (QED) is 0.506. The van der Waals surface area contributed by atoms with Gasteiger partial charge in [-0.2, -0.15) is 10.2 Å². The van der Waals surface area contributed by atoms with Crippen LogP contribution < -0.4 is 0 Å². The van der Waals surface area contributed by atoms with Gasteiger partial charge in [-0.15, -0.1) is 0 Å². The zero-order chi connectivity index (χ0) is 14.5. The Labute approximate surface area is 114 Å². The maximum atomic E-state index is 10.5. The maximum Gasteiger partial charge on any atom is 0.269 e. The molecule has 2 aromatic carbocycles. The average Bonchev–Trinajstić information content (AvgIpc) is 2.46. The topological polar surface area (TPSA) is 108 Å². The van der Waals surface area contributed by atoms with Crippen LogP contribution in [0.4, 0.5) is 17.1 Å². The molecule has 0 heterocycles. The number of non-ortho nitro benzene ring substituents is 1. The van der Waals surface area contributed by atoms with Gasteiger partial charge in [0.15, 0.2) is 0 Å². The van der Waals surface area contributed by atoms with Gasteiger partial charge in [-0.1, -0.05) is 0 Å². The van der Waals surface area contributed by atoms with Gasteiger partial charge in [-0.3, -0.25) is 10.1 Å². The molecule has 0 amide bonds. The van der Waals surface area contributed by atoms with E-state index in [0.717, 1.165) is 0 Å². The first kappa shape index (κ1) is 13.6. The predicted octanol–water partition coefficient (Wildman–Crippen LogP) is 3.21. The largest absolute Gasteiger partial charge is 0.508 e. The summed E-state index contributed by atoms with van der Waals surface area (Å²) >= 11 is 0. The normalized spacial score (nSPS) is 10.8. The number of aromatic hydroxyl groups is 1. The van der Waals surface area contributed by atoms with Crippen LogP contribution in [0, 0.1) is 10.1 Å². The number of aliphatic hydroxyl groups excluding tert-OH is 1. The molecule has 0 atom stereocenters. The van der Waals surface area contributed by atoms with Gasteiger partial charge in [-0.05, 0) is 30.3 Å². The number of hydrogen-bond acceptors (Lipinski definition) is 6. The highest BCUT2D eigenvalue weighted by atomic mass is 16.6. The van der Waals surface area contributed by atoms with Crippen molar-refractivity contribution in [2.24, 2.45) is 10.2 Å². The van der Waals surface area contributed by atoms with E-state index in [9.17, 15) is 15.2 Å². The Morgan fingerprint density at radius 2 is 1.65 bits per heavy atom. The third-order valence-electron chi connectivity index (χ3n) is 2.57. The Morgan fingerprint density at radius 1 is 1.05 bits per heavy atom. The van der Waals surface area contributed by atoms with Crippen molar-refractivity contribution in [1.82, 2.24) is 0 Å². The van der Waals surface area contributed by atoms with Crippen LogP contribution in [0.15, 0.2) is 52.7 Å². The molecule has 0 unspecified atom stereocenters. The van der Waals surface area contributed by atoms with Gasteiger partial charge in [0.25, 0.3) is 5.69 Å². The number of phenols is 1. The van der Waals surface area contributed by atoms with E-state index in [2.05, 4.69) is 10.2 Å². The molecule has 0 saturated heterocycles. The summed E-state index contributed by atoms with van der Waals surface area (Å²) in [5.74, 6) is -0.0122. The van der Waals surface area contributed by atoms with E-state index in [-0.39, 0.29) is 18.0 Å². The van der Waals surface area contributed by atoms with Crippen LogP contribution in [0.5, 0.6) is 5.75 Å². The van der Waals surface area contributed by atoms with Crippen LogP contribution >= 0.6 is 0 Å². The molecule has 0 aliphatic carbocycles. The number of aliphatic hydroxyl groups is 1. The van der Waals surface area contributed by atoms with E-state index >= 15 is 0 Å². The van der Waals surface area contributed by atoms with Crippen molar-refractivity contribution in [3.05, 3.63) is 58.1 Å². The summed E-state index contributed by atoms with van der Waals surface area (Å²) in [5.41, 5.74) is 1.26. The fraction of sp³-hybridized carbons (Fsp3) is 0.0769. The molecule has 7 nitrogen and oxygen atoms in total. The van der Waals surface area contributed by atoms with E-state index < -0.39 is 4.92 Å². The highest BCUT2D eigenvalue weighted by Crippen LogP contribution is 2.25. The Morgan fingerprint density at radius 3 is 2.25 bits per heavy atom. The zero-order valence-electron chi connectivity index (χ0n) is 10.3.